The monoisotopic (exact) mass is 513 g/mol. The van der Waals surface area contributed by atoms with E-state index in [2.05, 4.69) is 25.8 Å². The van der Waals surface area contributed by atoms with E-state index in [-0.39, 0.29) is 29.9 Å². The smallest absolute Gasteiger partial charge is 0.409 e. The van der Waals surface area contributed by atoms with Crippen molar-refractivity contribution >= 4 is 29.4 Å². The number of carbonyl (C=O) groups is 3. The van der Waals surface area contributed by atoms with Gasteiger partial charge in [-0.1, -0.05) is 30.3 Å². The SMILES string of the molecule is Cc1cc(NC(=O)O)ccc1C(=O)NC1C[C@H]2CC[C@@H](C1)N2c1ccc(C(=O)NCc2ccccc2)cn1. The zero-order valence-corrected chi connectivity index (χ0v) is 21.2. The van der Waals surface area contributed by atoms with Gasteiger partial charge in [0, 0.05) is 42.1 Å². The van der Waals surface area contributed by atoms with Crippen molar-refractivity contribution in [1.29, 1.82) is 0 Å². The Hall–Kier alpha value is -4.40. The fraction of sp³-hybridized carbons (Fsp3) is 0.310. The highest BCUT2D eigenvalue weighted by Crippen LogP contribution is 2.38. The second-order valence-corrected chi connectivity index (χ2v) is 9.97. The quantitative estimate of drug-likeness (QED) is 0.373. The molecule has 2 bridgehead atoms. The molecule has 3 atom stereocenters. The molecule has 9 heteroatoms. The number of nitrogens with zero attached hydrogens (tertiary/aromatic N) is 2. The number of amides is 3. The Morgan fingerprint density at radius 1 is 0.974 bits per heavy atom. The standard InChI is InChI=1S/C29H31N5O4/c1-18-13-21(33-29(37)38)8-11-25(18)28(36)32-22-14-23-9-10-24(15-22)34(23)26-12-7-20(17-30-26)27(35)31-16-19-5-3-2-4-6-19/h2-8,11-13,17,22-24,33H,9-10,14-16H2,1H3,(H,31,35)(H,32,36)(H,37,38)/t22?,23-,24+. The van der Waals surface area contributed by atoms with Gasteiger partial charge in [0.2, 0.25) is 0 Å². The van der Waals surface area contributed by atoms with Crippen LogP contribution in [0.1, 0.15) is 57.5 Å². The largest absolute Gasteiger partial charge is 0.465 e. The lowest BCUT2D eigenvalue weighted by Crippen LogP contribution is -2.50. The van der Waals surface area contributed by atoms with E-state index in [0.29, 0.717) is 28.9 Å². The number of aromatic nitrogens is 1. The van der Waals surface area contributed by atoms with Crippen molar-refractivity contribution < 1.29 is 19.5 Å². The van der Waals surface area contributed by atoms with E-state index in [0.717, 1.165) is 37.1 Å². The number of hydrogen-bond acceptors (Lipinski definition) is 5. The number of pyridine rings is 1. The highest BCUT2D eigenvalue weighted by atomic mass is 16.4. The molecule has 2 aromatic carbocycles. The summed E-state index contributed by atoms with van der Waals surface area (Å²) in [7, 11) is 0. The first-order chi connectivity index (χ1) is 18.4. The van der Waals surface area contributed by atoms with E-state index in [1.807, 2.05) is 42.5 Å². The van der Waals surface area contributed by atoms with Crippen molar-refractivity contribution in [2.75, 3.05) is 10.2 Å². The van der Waals surface area contributed by atoms with E-state index in [1.54, 1.807) is 31.3 Å². The lowest BCUT2D eigenvalue weighted by atomic mass is 9.96. The molecule has 2 saturated heterocycles. The van der Waals surface area contributed by atoms with Crippen LogP contribution in [0.3, 0.4) is 0 Å². The number of carboxylic acid groups (broad SMARTS) is 1. The molecule has 3 heterocycles. The van der Waals surface area contributed by atoms with Crippen LogP contribution < -0.4 is 20.9 Å². The maximum Gasteiger partial charge on any atom is 0.409 e. The zero-order valence-electron chi connectivity index (χ0n) is 21.2. The van der Waals surface area contributed by atoms with E-state index in [4.69, 9.17) is 5.11 Å². The molecule has 5 rings (SSSR count). The molecule has 3 amide bonds. The molecule has 0 spiro atoms. The van der Waals surface area contributed by atoms with Gasteiger partial charge in [0.1, 0.15) is 5.82 Å². The number of piperidine rings is 1. The van der Waals surface area contributed by atoms with Crippen molar-refractivity contribution in [3.8, 4) is 0 Å². The van der Waals surface area contributed by atoms with Crippen LogP contribution >= 0.6 is 0 Å². The van der Waals surface area contributed by atoms with Crippen molar-refractivity contribution in [3.63, 3.8) is 0 Å². The number of benzene rings is 2. The summed E-state index contributed by atoms with van der Waals surface area (Å²) < 4.78 is 0. The summed E-state index contributed by atoms with van der Waals surface area (Å²) in [6, 6.07) is 19.0. The van der Waals surface area contributed by atoms with E-state index < -0.39 is 6.09 Å². The van der Waals surface area contributed by atoms with Crippen molar-refractivity contribution in [1.82, 2.24) is 15.6 Å². The zero-order chi connectivity index (χ0) is 26.6. The summed E-state index contributed by atoms with van der Waals surface area (Å²) >= 11 is 0. The van der Waals surface area contributed by atoms with Gasteiger partial charge in [-0.15, -0.1) is 0 Å². The average Bonchev–Trinajstić information content (AvgIpc) is 3.17. The number of anilines is 2. The predicted molar refractivity (Wildman–Crippen MR) is 144 cm³/mol. The van der Waals surface area contributed by atoms with Crippen LogP contribution in [0.2, 0.25) is 0 Å². The highest BCUT2D eigenvalue weighted by Gasteiger charge is 2.41. The Labute approximate surface area is 221 Å². The first-order valence-corrected chi connectivity index (χ1v) is 12.9. The molecule has 196 valence electrons. The van der Waals surface area contributed by atoms with Crippen LogP contribution in [0.15, 0.2) is 66.9 Å². The molecule has 9 nitrogen and oxygen atoms in total. The summed E-state index contributed by atoms with van der Waals surface area (Å²) in [5, 5.41) is 17.3. The molecule has 1 unspecified atom stereocenters. The third-order valence-electron chi connectivity index (χ3n) is 7.36. The molecule has 38 heavy (non-hydrogen) atoms. The first-order valence-electron chi connectivity index (χ1n) is 12.9. The van der Waals surface area contributed by atoms with E-state index >= 15 is 0 Å². The van der Waals surface area contributed by atoms with Crippen LogP contribution in [0, 0.1) is 6.92 Å². The summed E-state index contributed by atoms with van der Waals surface area (Å²) in [6.07, 6.45) is 4.20. The minimum Gasteiger partial charge on any atom is -0.465 e. The van der Waals surface area contributed by atoms with Crippen LogP contribution in [-0.4, -0.2) is 46.1 Å². The Bertz CT molecular complexity index is 1310. The van der Waals surface area contributed by atoms with Crippen molar-refractivity contribution in [2.24, 2.45) is 0 Å². The maximum atomic E-state index is 13.0. The molecular formula is C29H31N5O4. The fourth-order valence-corrected chi connectivity index (χ4v) is 5.61. The Balaban J connectivity index is 1.18. The molecule has 0 radical (unpaired) electrons. The third-order valence-corrected chi connectivity index (χ3v) is 7.36. The Morgan fingerprint density at radius 2 is 1.71 bits per heavy atom. The Morgan fingerprint density at radius 3 is 2.34 bits per heavy atom. The number of carbonyl (C=O) groups excluding carboxylic acids is 2. The van der Waals surface area contributed by atoms with E-state index in [1.165, 1.54) is 0 Å². The number of hydrogen-bond donors (Lipinski definition) is 4. The second kappa shape index (κ2) is 10.9. The van der Waals surface area contributed by atoms with Gasteiger partial charge < -0.3 is 20.6 Å². The molecule has 0 aliphatic carbocycles. The first kappa shape index (κ1) is 25.3. The average molecular weight is 514 g/mol. The highest BCUT2D eigenvalue weighted by molar-refractivity contribution is 5.97. The maximum absolute atomic E-state index is 13.0. The summed E-state index contributed by atoms with van der Waals surface area (Å²) in [4.78, 5) is 43.4. The summed E-state index contributed by atoms with van der Waals surface area (Å²) in [6.45, 7) is 2.26. The summed E-state index contributed by atoms with van der Waals surface area (Å²) in [5.74, 6) is 0.560. The van der Waals surface area contributed by atoms with Gasteiger partial charge in [-0.05, 0) is 74.1 Å². The van der Waals surface area contributed by atoms with Gasteiger partial charge in [-0.3, -0.25) is 14.9 Å². The van der Waals surface area contributed by atoms with Gasteiger partial charge in [0.05, 0.1) is 5.56 Å². The minimum atomic E-state index is -1.14. The number of rotatable bonds is 7. The van der Waals surface area contributed by atoms with Crippen molar-refractivity contribution in [3.05, 3.63) is 89.1 Å². The molecular weight excluding hydrogens is 482 g/mol. The molecule has 2 fully saturated rings. The minimum absolute atomic E-state index is 0.0514. The van der Waals surface area contributed by atoms with Gasteiger partial charge in [0.15, 0.2) is 0 Å². The molecule has 2 aliphatic heterocycles. The molecule has 1 aromatic heterocycles. The molecule has 3 aromatic rings. The normalized spacial score (nSPS) is 20.0. The topological polar surface area (TPSA) is 124 Å². The number of aryl methyl sites for hydroxylation is 1. The molecule has 2 aliphatic rings. The van der Waals surface area contributed by atoms with Gasteiger partial charge in [0.25, 0.3) is 11.8 Å². The van der Waals surface area contributed by atoms with Crippen LogP contribution in [-0.2, 0) is 6.54 Å². The molecule has 4 N–H and O–H groups in total. The molecule has 0 saturated carbocycles. The lowest BCUT2D eigenvalue weighted by molar-refractivity contribution is 0.0924. The predicted octanol–water partition coefficient (Wildman–Crippen LogP) is 4.34. The number of fused-ring (bicyclic) bond motifs is 2. The van der Waals surface area contributed by atoms with Gasteiger partial charge >= 0.3 is 6.09 Å². The third kappa shape index (κ3) is 5.61. The van der Waals surface area contributed by atoms with Crippen LogP contribution in [0.5, 0.6) is 0 Å². The summed E-state index contributed by atoms with van der Waals surface area (Å²) in [5.41, 5.74) is 3.26. The van der Waals surface area contributed by atoms with Crippen molar-refractivity contribution in [2.45, 2.75) is 57.3 Å². The number of nitrogens with one attached hydrogen (secondary N) is 3. The van der Waals surface area contributed by atoms with Crippen LogP contribution in [0.4, 0.5) is 16.3 Å². The Kier molecular flexibility index (Phi) is 7.26. The van der Waals surface area contributed by atoms with Gasteiger partial charge in [-0.25, -0.2) is 9.78 Å². The van der Waals surface area contributed by atoms with E-state index in [9.17, 15) is 14.4 Å². The second-order valence-electron chi connectivity index (χ2n) is 9.97. The fourth-order valence-electron chi connectivity index (χ4n) is 5.61. The lowest BCUT2D eigenvalue weighted by Gasteiger charge is -2.40. The van der Waals surface area contributed by atoms with Gasteiger partial charge in [-0.2, -0.15) is 0 Å². The van der Waals surface area contributed by atoms with Crippen LogP contribution in [0.25, 0.3) is 0 Å².